The van der Waals surface area contributed by atoms with Gasteiger partial charge in [0.2, 0.25) is 0 Å². The summed E-state index contributed by atoms with van der Waals surface area (Å²) in [5.74, 6) is 0. The minimum Gasteiger partial charge on any atom is -0.366 e. The number of H-pyrrole nitrogens is 1. The smallest absolute Gasteiger partial charge is 0.0913 e. The molecule has 0 fully saturated rings. The van der Waals surface area contributed by atoms with Gasteiger partial charge in [-0.05, 0) is 18.3 Å². The zero-order valence-electron chi connectivity index (χ0n) is 4.09. The Labute approximate surface area is 52.3 Å². The van der Waals surface area contributed by atoms with E-state index in [1.807, 2.05) is 6.07 Å². The summed E-state index contributed by atoms with van der Waals surface area (Å²) in [4.78, 5) is 6.53. The zero-order valence-corrected chi connectivity index (χ0v) is 4.90. The number of aromatic nitrogens is 1. The number of thiocarbonyl (C=S) groups is 1. The Morgan fingerprint density at radius 2 is 2.62 bits per heavy atom. The van der Waals surface area contributed by atoms with E-state index in [-0.39, 0.29) is 0 Å². The van der Waals surface area contributed by atoms with E-state index >= 15 is 0 Å². The van der Waals surface area contributed by atoms with E-state index in [9.17, 15) is 0 Å². The van der Waals surface area contributed by atoms with Crippen molar-refractivity contribution in [2.45, 2.75) is 0 Å². The predicted molar refractivity (Wildman–Crippen MR) is 35.5 cm³/mol. The van der Waals surface area contributed by atoms with E-state index in [0.29, 0.717) is 0 Å². The molecule has 0 aliphatic rings. The number of nitrogens with one attached hydrogen (secondary N) is 1. The van der Waals surface area contributed by atoms with Gasteiger partial charge in [-0.2, -0.15) is 4.99 Å². The summed E-state index contributed by atoms with van der Waals surface area (Å²) in [7, 11) is 0. The summed E-state index contributed by atoms with van der Waals surface area (Å²) < 4.78 is 0. The second-order valence-corrected chi connectivity index (χ2v) is 1.45. The van der Waals surface area contributed by atoms with Gasteiger partial charge >= 0.3 is 0 Å². The van der Waals surface area contributed by atoms with Crippen molar-refractivity contribution >= 4 is 23.1 Å². The van der Waals surface area contributed by atoms with Crippen LogP contribution in [-0.4, -0.2) is 10.1 Å². The third kappa shape index (κ3) is 1.03. The van der Waals surface area contributed by atoms with Crippen LogP contribution in [0, 0.1) is 0 Å². The van der Waals surface area contributed by atoms with Crippen molar-refractivity contribution in [3.8, 4) is 0 Å². The number of nitrogens with zero attached hydrogens (tertiary/aromatic N) is 1. The second kappa shape index (κ2) is 2.40. The van der Waals surface area contributed by atoms with Crippen LogP contribution in [0.4, 0.5) is 5.69 Å². The van der Waals surface area contributed by atoms with Gasteiger partial charge in [0.1, 0.15) is 0 Å². The lowest BCUT2D eigenvalue weighted by molar-refractivity contribution is 1.41. The Morgan fingerprint density at radius 3 is 3.12 bits per heavy atom. The van der Waals surface area contributed by atoms with Gasteiger partial charge in [-0.25, -0.2) is 0 Å². The zero-order chi connectivity index (χ0) is 5.82. The monoisotopic (exact) mass is 124 g/mol. The van der Waals surface area contributed by atoms with Gasteiger partial charge in [-0.3, -0.25) is 0 Å². The Kier molecular flexibility index (Phi) is 1.57. The van der Waals surface area contributed by atoms with Crippen LogP contribution >= 0.6 is 12.2 Å². The fourth-order valence-electron chi connectivity index (χ4n) is 0.437. The SMILES string of the molecule is S=C=Nc1cc[nH]c1. The van der Waals surface area contributed by atoms with Gasteiger partial charge in [0.25, 0.3) is 0 Å². The lowest BCUT2D eigenvalue weighted by Crippen LogP contribution is -1.47. The molecule has 0 saturated heterocycles. The summed E-state index contributed by atoms with van der Waals surface area (Å²) in [5, 5.41) is 2.26. The molecule has 0 aromatic carbocycles. The van der Waals surface area contributed by atoms with Crippen LogP contribution in [0.1, 0.15) is 0 Å². The van der Waals surface area contributed by atoms with E-state index < -0.39 is 0 Å². The van der Waals surface area contributed by atoms with Crippen LogP contribution in [0.25, 0.3) is 0 Å². The highest BCUT2D eigenvalue weighted by Gasteiger charge is 1.80. The molecular weight excluding hydrogens is 120 g/mol. The summed E-state index contributed by atoms with van der Waals surface area (Å²) in [5.41, 5.74) is 0.819. The maximum atomic E-state index is 4.37. The molecule has 1 aromatic rings. The van der Waals surface area contributed by atoms with E-state index in [0.717, 1.165) is 5.69 Å². The molecule has 1 heterocycles. The number of hydrogen-bond acceptors (Lipinski definition) is 2. The van der Waals surface area contributed by atoms with E-state index in [4.69, 9.17) is 0 Å². The van der Waals surface area contributed by atoms with Gasteiger partial charge in [0.15, 0.2) is 0 Å². The van der Waals surface area contributed by atoms with Gasteiger partial charge in [-0.15, -0.1) is 0 Å². The molecule has 0 aliphatic heterocycles. The number of aromatic amines is 1. The normalized spacial score (nSPS) is 8.00. The van der Waals surface area contributed by atoms with Crippen LogP contribution < -0.4 is 0 Å². The minimum atomic E-state index is 0.819. The summed E-state index contributed by atoms with van der Waals surface area (Å²) in [6.45, 7) is 0. The maximum absolute atomic E-state index is 4.37. The first kappa shape index (κ1) is 5.22. The average Bonchev–Trinajstić information content (AvgIpc) is 2.19. The van der Waals surface area contributed by atoms with Gasteiger partial charge in [0.05, 0.1) is 10.8 Å². The van der Waals surface area contributed by atoms with Gasteiger partial charge in [-0.1, -0.05) is 0 Å². The lowest BCUT2D eigenvalue weighted by atomic mass is 10.6. The fraction of sp³-hybridized carbons (Fsp3) is 0. The Bertz CT molecular complexity index is 196. The maximum Gasteiger partial charge on any atom is 0.0913 e. The molecule has 40 valence electrons. The number of rotatable bonds is 1. The average molecular weight is 124 g/mol. The molecule has 2 nitrogen and oxygen atoms in total. The first-order valence-electron chi connectivity index (χ1n) is 2.14. The molecule has 1 rings (SSSR count). The predicted octanol–water partition coefficient (Wildman–Crippen LogP) is 1.75. The molecule has 3 heteroatoms. The van der Waals surface area contributed by atoms with E-state index in [1.165, 1.54) is 0 Å². The van der Waals surface area contributed by atoms with Crippen molar-refractivity contribution in [1.82, 2.24) is 4.98 Å². The van der Waals surface area contributed by atoms with Crippen LogP contribution in [0.2, 0.25) is 0 Å². The molecule has 1 aromatic heterocycles. The largest absolute Gasteiger partial charge is 0.366 e. The Morgan fingerprint density at radius 1 is 1.75 bits per heavy atom. The highest BCUT2D eigenvalue weighted by molar-refractivity contribution is 7.78. The minimum absolute atomic E-state index is 0.819. The van der Waals surface area contributed by atoms with Crippen LogP contribution in [0.3, 0.4) is 0 Å². The molecule has 0 radical (unpaired) electrons. The first-order valence-corrected chi connectivity index (χ1v) is 2.55. The van der Waals surface area contributed by atoms with Crippen molar-refractivity contribution in [3.05, 3.63) is 18.5 Å². The fourth-order valence-corrected chi connectivity index (χ4v) is 0.543. The van der Waals surface area contributed by atoms with Crippen molar-refractivity contribution in [2.24, 2.45) is 4.99 Å². The quantitative estimate of drug-likeness (QED) is 0.448. The van der Waals surface area contributed by atoms with Crippen LogP contribution in [0.5, 0.6) is 0 Å². The van der Waals surface area contributed by atoms with Crippen molar-refractivity contribution in [3.63, 3.8) is 0 Å². The standard InChI is InChI=1S/C5H4N2S/c8-4-7-5-1-2-6-3-5/h1-3,6H. The topological polar surface area (TPSA) is 28.1 Å². The Hall–Kier alpha value is -0.920. The lowest BCUT2D eigenvalue weighted by Gasteiger charge is -1.70. The summed E-state index contributed by atoms with van der Waals surface area (Å²) >= 11 is 4.37. The highest BCUT2D eigenvalue weighted by Crippen LogP contribution is 2.05. The molecule has 1 N–H and O–H groups in total. The second-order valence-electron chi connectivity index (χ2n) is 1.27. The summed E-state index contributed by atoms with van der Waals surface area (Å²) in [6.07, 6.45) is 3.53. The van der Waals surface area contributed by atoms with E-state index in [2.05, 4.69) is 27.4 Å². The third-order valence-corrected chi connectivity index (χ3v) is 0.848. The molecule has 0 saturated carbocycles. The van der Waals surface area contributed by atoms with Crippen molar-refractivity contribution in [2.75, 3.05) is 0 Å². The molecule has 0 amide bonds. The van der Waals surface area contributed by atoms with Crippen LogP contribution in [0.15, 0.2) is 23.5 Å². The molecule has 0 bridgehead atoms. The van der Waals surface area contributed by atoms with Gasteiger partial charge < -0.3 is 4.98 Å². The van der Waals surface area contributed by atoms with Crippen LogP contribution in [-0.2, 0) is 0 Å². The number of isothiocyanates is 1. The highest BCUT2D eigenvalue weighted by atomic mass is 32.1. The number of hydrogen-bond donors (Lipinski definition) is 1. The number of aliphatic imine (C=N–C) groups is 1. The molecule has 0 aliphatic carbocycles. The van der Waals surface area contributed by atoms with Crippen molar-refractivity contribution < 1.29 is 0 Å². The van der Waals surface area contributed by atoms with E-state index in [1.54, 1.807) is 12.4 Å². The molecule has 0 atom stereocenters. The van der Waals surface area contributed by atoms with Crippen molar-refractivity contribution in [1.29, 1.82) is 0 Å². The molecule has 8 heavy (non-hydrogen) atoms. The Balaban J connectivity index is 2.93. The molecular formula is C5H4N2S. The van der Waals surface area contributed by atoms with Gasteiger partial charge in [0, 0.05) is 12.4 Å². The summed E-state index contributed by atoms with van der Waals surface area (Å²) in [6, 6.07) is 1.82. The third-order valence-electron chi connectivity index (χ3n) is 0.756. The first-order chi connectivity index (χ1) is 3.93. The molecule has 0 spiro atoms. The molecule has 0 unspecified atom stereocenters.